The molecule has 2 aromatic heterocycles. The van der Waals surface area contributed by atoms with Crippen molar-refractivity contribution in [2.75, 3.05) is 26.2 Å². The standard InChI is InChI=1S/C33H44N6O6S2/c1-22(2)30-24(5)34(7)38(32(30)40)26-10-14-28(15-11-26)46(42,43)36-18-9-19-37(21-20-36)47(44,45)29-16-12-27(13-17-29)39-33(41)31(23(3)4)25(6)35(39)8/h10-17,22-23H,9,18-21H2,1-8H3. The Morgan fingerprint density at radius 1 is 0.553 bits per heavy atom. The molecule has 0 amide bonds. The van der Waals surface area contributed by atoms with Crippen molar-refractivity contribution in [1.82, 2.24) is 27.3 Å². The fourth-order valence-electron chi connectivity index (χ4n) is 6.54. The van der Waals surface area contributed by atoms with E-state index < -0.39 is 20.0 Å². The predicted octanol–water partition coefficient (Wildman–Crippen LogP) is 3.61. The molecule has 12 nitrogen and oxygen atoms in total. The Hall–Kier alpha value is -3.72. The third-order valence-electron chi connectivity index (χ3n) is 9.20. The minimum absolute atomic E-state index is 0.00832. The molecule has 0 spiro atoms. The predicted molar refractivity (Wildman–Crippen MR) is 182 cm³/mol. The molecule has 4 aromatic rings. The summed E-state index contributed by atoms with van der Waals surface area (Å²) in [4.78, 5) is 26.4. The van der Waals surface area contributed by atoms with Crippen LogP contribution in [-0.4, -0.2) is 70.4 Å². The molecular formula is C33H44N6O6S2. The summed E-state index contributed by atoms with van der Waals surface area (Å²) < 4.78 is 63.8. The van der Waals surface area contributed by atoms with Gasteiger partial charge < -0.3 is 0 Å². The SMILES string of the molecule is Cc1c(C(C)C)c(=O)n(-c2ccc(S(=O)(=O)N3CCCN(S(=O)(=O)c4ccc(-n5c(=O)c(C(C)C)c(C)n5C)cc4)CC3)cc2)n1C. The van der Waals surface area contributed by atoms with Gasteiger partial charge in [-0.25, -0.2) is 26.2 Å². The Labute approximate surface area is 276 Å². The Morgan fingerprint density at radius 2 is 0.872 bits per heavy atom. The fourth-order valence-corrected chi connectivity index (χ4v) is 9.48. The Bertz CT molecular complexity index is 1980. The van der Waals surface area contributed by atoms with Crippen LogP contribution >= 0.6 is 0 Å². The molecule has 14 heteroatoms. The molecule has 0 saturated carbocycles. The van der Waals surface area contributed by atoms with Crippen LogP contribution < -0.4 is 11.1 Å². The number of rotatable bonds is 8. The lowest BCUT2D eigenvalue weighted by atomic mass is 10.0. The molecule has 1 aliphatic heterocycles. The smallest absolute Gasteiger partial charge is 0.275 e. The molecule has 1 aliphatic rings. The first-order valence-corrected chi connectivity index (χ1v) is 18.7. The zero-order valence-electron chi connectivity index (χ0n) is 28.3. The van der Waals surface area contributed by atoms with Crippen molar-refractivity contribution in [1.29, 1.82) is 0 Å². The minimum atomic E-state index is -3.92. The molecule has 254 valence electrons. The van der Waals surface area contributed by atoms with E-state index in [0.717, 1.165) is 11.4 Å². The Balaban J connectivity index is 1.33. The van der Waals surface area contributed by atoms with Crippen molar-refractivity contribution in [3.05, 3.63) is 91.8 Å². The number of sulfonamides is 2. The average Bonchev–Trinajstić information content (AvgIpc) is 3.23. The molecule has 0 N–H and O–H groups in total. The second-order valence-corrected chi connectivity index (χ2v) is 16.6. The van der Waals surface area contributed by atoms with Crippen LogP contribution in [0, 0.1) is 13.8 Å². The third kappa shape index (κ3) is 5.96. The number of nitrogens with zero attached hydrogens (tertiary/aromatic N) is 6. The molecule has 3 heterocycles. The van der Waals surface area contributed by atoms with Gasteiger partial charge in [0.2, 0.25) is 20.0 Å². The van der Waals surface area contributed by atoms with Gasteiger partial charge in [0.1, 0.15) is 0 Å². The van der Waals surface area contributed by atoms with Gasteiger partial charge >= 0.3 is 0 Å². The molecule has 1 saturated heterocycles. The van der Waals surface area contributed by atoms with Crippen molar-refractivity contribution in [2.24, 2.45) is 14.1 Å². The lowest BCUT2D eigenvalue weighted by Gasteiger charge is -2.22. The van der Waals surface area contributed by atoms with Crippen LogP contribution in [0.4, 0.5) is 0 Å². The van der Waals surface area contributed by atoms with Gasteiger partial charge in [-0.2, -0.15) is 8.61 Å². The quantitative estimate of drug-likeness (QED) is 0.279. The summed E-state index contributed by atoms with van der Waals surface area (Å²) in [5, 5.41) is 0. The highest BCUT2D eigenvalue weighted by Crippen LogP contribution is 2.25. The third-order valence-corrected chi connectivity index (χ3v) is 13.0. The Kier molecular flexibility index (Phi) is 9.36. The molecule has 0 aliphatic carbocycles. The van der Waals surface area contributed by atoms with E-state index in [2.05, 4.69) is 0 Å². The van der Waals surface area contributed by atoms with Crippen LogP contribution in [0.15, 0.2) is 67.9 Å². The molecule has 47 heavy (non-hydrogen) atoms. The summed E-state index contributed by atoms with van der Waals surface area (Å²) in [6, 6.07) is 12.4. The van der Waals surface area contributed by atoms with E-state index in [9.17, 15) is 26.4 Å². The number of benzene rings is 2. The van der Waals surface area contributed by atoms with E-state index in [-0.39, 0.29) is 58.9 Å². The fraction of sp³-hybridized carbons (Fsp3) is 0.455. The number of hydrogen-bond acceptors (Lipinski definition) is 6. The summed E-state index contributed by atoms with van der Waals surface area (Å²) in [5.41, 5.74) is 3.97. The largest absolute Gasteiger partial charge is 0.285 e. The van der Waals surface area contributed by atoms with Crippen LogP contribution in [0.3, 0.4) is 0 Å². The molecule has 0 radical (unpaired) electrons. The maximum Gasteiger partial charge on any atom is 0.275 e. The van der Waals surface area contributed by atoms with Gasteiger partial charge in [0.15, 0.2) is 0 Å². The van der Waals surface area contributed by atoms with Gasteiger partial charge in [0.25, 0.3) is 11.1 Å². The summed E-state index contributed by atoms with van der Waals surface area (Å²) in [5.74, 6) is 0.0888. The van der Waals surface area contributed by atoms with Gasteiger partial charge in [-0.15, -0.1) is 0 Å². The van der Waals surface area contributed by atoms with E-state index in [4.69, 9.17) is 0 Å². The van der Waals surface area contributed by atoms with Crippen molar-refractivity contribution >= 4 is 20.0 Å². The highest BCUT2D eigenvalue weighted by Gasteiger charge is 2.32. The summed E-state index contributed by atoms with van der Waals surface area (Å²) in [7, 11) is -4.25. The van der Waals surface area contributed by atoms with E-state index in [1.807, 2.05) is 41.5 Å². The van der Waals surface area contributed by atoms with E-state index in [1.54, 1.807) is 47.7 Å². The first-order chi connectivity index (χ1) is 22.0. The second kappa shape index (κ2) is 12.7. The van der Waals surface area contributed by atoms with Crippen molar-refractivity contribution in [3.63, 3.8) is 0 Å². The van der Waals surface area contributed by atoms with Crippen LogP contribution in [0.1, 0.15) is 68.5 Å². The van der Waals surface area contributed by atoms with E-state index >= 15 is 0 Å². The first-order valence-electron chi connectivity index (χ1n) is 15.8. The van der Waals surface area contributed by atoms with Gasteiger partial charge in [-0.1, -0.05) is 27.7 Å². The summed E-state index contributed by atoms with van der Waals surface area (Å²) >= 11 is 0. The van der Waals surface area contributed by atoms with Crippen molar-refractivity contribution in [2.45, 2.75) is 69.6 Å². The molecule has 2 aromatic carbocycles. The molecule has 0 atom stereocenters. The minimum Gasteiger partial charge on any atom is -0.285 e. The monoisotopic (exact) mass is 684 g/mol. The summed E-state index contributed by atoms with van der Waals surface area (Å²) in [6.07, 6.45) is 0.320. The maximum absolute atomic E-state index is 13.6. The highest BCUT2D eigenvalue weighted by atomic mass is 32.2. The van der Waals surface area contributed by atoms with Crippen LogP contribution in [0.25, 0.3) is 11.4 Å². The molecule has 0 bridgehead atoms. The van der Waals surface area contributed by atoms with Crippen molar-refractivity contribution < 1.29 is 16.8 Å². The van der Waals surface area contributed by atoms with Gasteiger partial charge in [0.05, 0.1) is 21.2 Å². The van der Waals surface area contributed by atoms with E-state index in [0.29, 0.717) is 28.9 Å². The number of aromatic nitrogens is 4. The zero-order chi connectivity index (χ0) is 34.6. The lowest BCUT2D eigenvalue weighted by molar-refractivity contribution is 0.404. The van der Waals surface area contributed by atoms with Crippen LogP contribution in [0.5, 0.6) is 0 Å². The average molecular weight is 685 g/mol. The van der Waals surface area contributed by atoms with Gasteiger partial charge in [-0.05, 0) is 80.6 Å². The summed E-state index contributed by atoms with van der Waals surface area (Å²) in [6.45, 7) is 11.9. The molecule has 5 rings (SSSR count). The second-order valence-electron chi connectivity index (χ2n) is 12.7. The van der Waals surface area contributed by atoms with Gasteiger partial charge in [-0.3, -0.25) is 19.0 Å². The lowest BCUT2D eigenvalue weighted by Crippen LogP contribution is -2.37. The highest BCUT2D eigenvalue weighted by molar-refractivity contribution is 7.89. The van der Waals surface area contributed by atoms with E-state index in [1.165, 1.54) is 42.2 Å². The normalized spacial score (nSPS) is 15.5. The van der Waals surface area contributed by atoms with Gasteiger partial charge in [0, 0.05) is 62.8 Å². The molecule has 1 fully saturated rings. The van der Waals surface area contributed by atoms with Crippen LogP contribution in [0.2, 0.25) is 0 Å². The maximum atomic E-state index is 13.6. The van der Waals surface area contributed by atoms with Crippen molar-refractivity contribution in [3.8, 4) is 11.4 Å². The first kappa shape index (κ1) is 34.6. The number of hydrogen-bond donors (Lipinski definition) is 0. The topological polar surface area (TPSA) is 129 Å². The Morgan fingerprint density at radius 3 is 1.15 bits per heavy atom. The zero-order valence-corrected chi connectivity index (χ0v) is 29.9. The molecule has 0 unspecified atom stereocenters. The molecular weight excluding hydrogens is 641 g/mol. The van der Waals surface area contributed by atoms with Crippen LogP contribution in [-0.2, 0) is 34.1 Å².